The van der Waals surface area contributed by atoms with Crippen molar-refractivity contribution in [3.8, 4) is 22.9 Å². The van der Waals surface area contributed by atoms with Crippen LogP contribution in [-0.2, 0) is 7.05 Å². The summed E-state index contributed by atoms with van der Waals surface area (Å²) in [5, 5.41) is 7.65. The third kappa shape index (κ3) is 4.62. The SMILES string of the molecule is COc1cccc(-c2cc(C(=O)NC3CCC(Oc4ccccn4)CC3)n(C)n2)c1. The van der Waals surface area contributed by atoms with Crippen molar-refractivity contribution in [1.82, 2.24) is 20.1 Å². The van der Waals surface area contributed by atoms with Crippen LogP contribution in [-0.4, -0.2) is 39.9 Å². The molecule has 30 heavy (non-hydrogen) atoms. The molecule has 156 valence electrons. The van der Waals surface area contributed by atoms with Crippen molar-refractivity contribution in [3.63, 3.8) is 0 Å². The molecule has 1 aliphatic carbocycles. The predicted octanol–water partition coefficient (Wildman–Crippen LogP) is 3.61. The molecule has 3 aromatic rings. The van der Waals surface area contributed by atoms with Gasteiger partial charge < -0.3 is 14.8 Å². The Bertz CT molecular complexity index is 995. The van der Waals surface area contributed by atoms with Gasteiger partial charge in [-0.25, -0.2) is 4.98 Å². The number of aryl methyl sites for hydroxylation is 1. The average Bonchev–Trinajstić information content (AvgIpc) is 3.18. The van der Waals surface area contributed by atoms with Gasteiger partial charge in [0.15, 0.2) is 0 Å². The Morgan fingerprint density at radius 3 is 2.67 bits per heavy atom. The minimum absolute atomic E-state index is 0.103. The Labute approximate surface area is 176 Å². The molecule has 1 saturated carbocycles. The van der Waals surface area contributed by atoms with Crippen LogP contribution in [0.15, 0.2) is 54.7 Å². The summed E-state index contributed by atoms with van der Waals surface area (Å²) in [5.74, 6) is 1.31. The smallest absolute Gasteiger partial charge is 0.269 e. The van der Waals surface area contributed by atoms with E-state index in [1.54, 1.807) is 25.0 Å². The second-order valence-electron chi connectivity index (χ2n) is 7.50. The summed E-state index contributed by atoms with van der Waals surface area (Å²) in [7, 11) is 3.42. The molecule has 4 rings (SSSR count). The van der Waals surface area contributed by atoms with E-state index >= 15 is 0 Å². The maximum atomic E-state index is 12.8. The molecule has 1 aromatic carbocycles. The third-order valence-corrected chi connectivity index (χ3v) is 5.41. The topological polar surface area (TPSA) is 78.3 Å². The zero-order chi connectivity index (χ0) is 20.9. The highest BCUT2D eigenvalue weighted by molar-refractivity contribution is 5.93. The molecule has 1 N–H and O–H groups in total. The number of carbonyl (C=O) groups is 1. The molecule has 0 bridgehead atoms. The first-order valence-electron chi connectivity index (χ1n) is 10.2. The molecular formula is C23H26N4O3. The number of pyridine rings is 1. The molecule has 0 radical (unpaired) electrons. The molecule has 7 heteroatoms. The van der Waals surface area contributed by atoms with E-state index in [0.29, 0.717) is 11.6 Å². The lowest BCUT2D eigenvalue weighted by Gasteiger charge is -2.29. The van der Waals surface area contributed by atoms with Crippen LogP contribution in [0.3, 0.4) is 0 Å². The largest absolute Gasteiger partial charge is 0.497 e. The van der Waals surface area contributed by atoms with Gasteiger partial charge in [-0.1, -0.05) is 18.2 Å². The van der Waals surface area contributed by atoms with Gasteiger partial charge in [0.1, 0.15) is 17.5 Å². The first-order chi connectivity index (χ1) is 14.6. The van der Waals surface area contributed by atoms with E-state index in [1.165, 1.54) is 0 Å². The summed E-state index contributed by atoms with van der Waals surface area (Å²) in [4.78, 5) is 17.1. The number of methoxy groups -OCH3 is 1. The molecule has 0 aliphatic heterocycles. The van der Waals surface area contributed by atoms with Gasteiger partial charge in [0.05, 0.1) is 12.8 Å². The van der Waals surface area contributed by atoms with E-state index in [1.807, 2.05) is 48.5 Å². The van der Waals surface area contributed by atoms with Crippen LogP contribution in [0.4, 0.5) is 0 Å². The number of nitrogens with zero attached hydrogens (tertiary/aromatic N) is 3. The fourth-order valence-corrected chi connectivity index (χ4v) is 3.78. The summed E-state index contributed by atoms with van der Waals surface area (Å²) in [6.07, 6.45) is 5.41. The fourth-order valence-electron chi connectivity index (χ4n) is 3.78. The summed E-state index contributed by atoms with van der Waals surface area (Å²) in [6.45, 7) is 0. The number of rotatable bonds is 6. The average molecular weight is 406 g/mol. The third-order valence-electron chi connectivity index (χ3n) is 5.41. The van der Waals surface area contributed by atoms with E-state index in [4.69, 9.17) is 9.47 Å². The number of ether oxygens (including phenoxy) is 2. The summed E-state index contributed by atoms with van der Waals surface area (Å²) >= 11 is 0. The van der Waals surface area contributed by atoms with Gasteiger partial charge in [-0.2, -0.15) is 5.10 Å². The van der Waals surface area contributed by atoms with Crippen LogP contribution in [0.2, 0.25) is 0 Å². The van der Waals surface area contributed by atoms with E-state index in [9.17, 15) is 4.79 Å². The van der Waals surface area contributed by atoms with Gasteiger partial charge in [0.25, 0.3) is 5.91 Å². The van der Waals surface area contributed by atoms with Crippen LogP contribution < -0.4 is 14.8 Å². The molecule has 1 fully saturated rings. The summed E-state index contributed by atoms with van der Waals surface area (Å²) < 4.78 is 12.8. The summed E-state index contributed by atoms with van der Waals surface area (Å²) in [5.41, 5.74) is 2.20. The van der Waals surface area contributed by atoms with E-state index in [0.717, 1.165) is 42.7 Å². The van der Waals surface area contributed by atoms with Crippen molar-refractivity contribution in [2.75, 3.05) is 7.11 Å². The number of nitrogens with one attached hydrogen (secondary N) is 1. The van der Waals surface area contributed by atoms with Gasteiger partial charge in [0, 0.05) is 30.9 Å². The van der Waals surface area contributed by atoms with Gasteiger partial charge >= 0.3 is 0 Å². The Kier molecular flexibility index (Phi) is 5.97. The zero-order valence-electron chi connectivity index (χ0n) is 17.2. The van der Waals surface area contributed by atoms with Crippen LogP contribution >= 0.6 is 0 Å². The molecule has 0 unspecified atom stereocenters. The number of hydrogen-bond acceptors (Lipinski definition) is 5. The normalized spacial score (nSPS) is 18.6. The Balaban J connectivity index is 1.35. The van der Waals surface area contributed by atoms with Crippen molar-refractivity contribution in [1.29, 1.82) is 0 Å². The van der Waals surface area contributed by atoms with Crippen molar-refractivity contribution in [3.05, 3.63) is 60.4 Å². The van der Waals surface area contributed by atoms with Crippen LogP contribution in [0, 0.1) is 0 Å². The Morgan fingerprint density at radius 2 is 1.93 bits per heavy atom. The van der Waals surface area contributed by atoms with Crippen molar-refractivity contribution in [2.45, 2.75) is 37.8 Å². The van der Waals surface area contributed by atoms with Crippen LogP contribution in [0.25, 0.3) is 11.3 Å². The van der Waals surface area contributed by atoms with Gasteiger partial charge in [-0.3, -0.25) is 9.48 Å². The number of benzene rings is 1. The maximum Gasteiger partial charge on any atom is 0.269 e. The highest BCUT2D eigenvalue weighted by Crippen LogP contribution is 2.25. The lowest BCUT2D eigenvalue weighted by Crippen LogP contribution is -2.40. The van der Waals surface area contributed by atoms with E-state index < -0.39 is 0 Å². The minimum Gasteiger partial charge on any atom is -0.497 e. The lowest BCUT2D eigenvalue weighted by molar-refractivity contribution is 0.0881. The fraction of sp³-hybridized carbons (Fsp3) is 0.348. The van der Waals surface area contributed by atoms with E-state index in [-0.39, 0.29) is 18.1 Å². The van der Waals surface area contributed by atoms with Crippen molar-refractivity contribution < 1.29 is 14.3 Å². The van der Waals surface area contributed by atoms with Crippen molar-refractivity contribution >= 4 is 5.91 Å². The van der Waals surface area contributed by atoms with Crippen LogP contribution in [0.1, 0.15) is 36.2 Å². The Morgan fingerprint density at radius 1 is 1.10 bits per heavy atom. The number of carbonyl (C=O) groups excluding carboxylic acids is 1. The van der Waals surface area contributed by atoms with E-state index in [2.05, 4.69) is 15.4 Å². The quantitative estimate of drug-likeness (QED) is 0.677. The molecular weight excluding hydrogens is 380 g/mol. The second-order valence-corrected chi connectivity index (χ2v) is 7.50. The molecule has 0 atom stereocenters. The molecule has 0 spiro atoms. The molecule has 1 amide bonds. The zero-order valence-corrected chi connectivity index (χ0v) is 17.2. The molecule has 0 saturated heterocycles. The highest BCUT2D eigenvalue weighted by atomic mass is 16.5. The first kappa shape index (κ1) is 19.9. The number of aromatic nitrogens is 3. The number of hydrogen-bond donors (Lipinski definition) is 1. The number of amides is 1. The molecule has 1 aliphatic rings. The van der Waals surface area contributed by atoms with Gasteiger partial charge in [-0.15, -0.1) is 0 Å². The molecule has 2 aromatic heterocycles. The van der Waals surface area contributed by atoms with Gasteiger partial charge in [0.2, 0.25) is 5.88 Å². The lowest BCUT2D eigenvalue weighted by atomic mass is 9.93. The highest BCUT2D eigenvalue weighted by Gasteiger charge is 2.25. The standard InChI is InChI=1S/C23H26N4O3/c1-27-21(15-20(26-27)16-6-5-7-19(14-16)29-2)23(28)25-17-9-11-18(12-10-17)30-22-8-3-4-13-24-22/h3-8,13-15,17-18H,9-12H2,1-2H3,(H,25,28). The molecule has 7 nitrogen and oxygen atoms in total. The Hall–Kier alpha value is -3.35. The predicted molar refractivity (Wildman–Crippen MR) is 114 cm³/mol. The van der Waals surface area contributed by atoms with Crippen molar-refractivity contribution in [2.24, 2.45) is 7.05 Å². The van der Waals surface area contributed by atoms with Crippen LogP contribution in [0.5, 0.6) is 11.6 Å². The molecule has 2 heterocycles. The second kappa shape index (κ2) is 8.98. The summed E-state index contributed by atoms with van der Waals surface area (Å²) in [6, 6.07) is 15.3. The van der Waals surface area contributed by atoms with Gasteiger partial charge in [-0.05, 0) is 49.9 Å². The maximum absolute atomic E-state index is 12.8. The first-order valence-corrected chi connectivity index (χ1v) is 10.2. The minimum atomic E-state index is -0.103. The monoisotopic (exact) mass is 406 g/mol.